The molecule has 0 saturated heterocycles. The number of rotatable bonds is 2. The van der Waals surface area contributed by atoms with E-state index in [0.717, 1.165) is 18.3 Å². The second-order valence-electron chi connectivity index (χ2n) is 6.25. The first-order valence-electron chi connectivity index (χ1n) is 6.97. The van der Waals surface area contributed by atoms with Crippen molar-refractivity contribution in [2.45, 2.75) is 57.4 Å². The van der Waals surface area contributed by atoms with E-state index in [-0.39, 0.29) is 0 Å². The van der Waals surface area contributed by atoms with Crippen LogP contribution in [0.4, 0.5) is 5.95 Å². The predicted molar refractivity (Wildman–Crippen MR) is 66.1 cm³/mol. The number of anilines is 1. The van der Waals surface area contributed by atoms with Gasteiger partial charge < -0.3 is 5.32 Å². The molecule has 0 amide bonds. The van der Waals surface area contributed by atoms with E-state index in [0.29, 0.717) is 17.4 Å². The largest absolute Gasteiger partial charge is 0.354 e. The van der Waals surface area contributed by atoms with Gasteiger partial charge in [-0.2, -0.15) is 10.1 Å². The number of hydrogen-bond donors (Lipinski definition) is 1. The van der Waals surface area contributed by atoms with Crippen LogP contribution in [0.2, 0.25) is 0 Å². The third kappa shape index (κ3) is 1.42. The standard InChI is InChI=1S/C13H20N4/c1-13(6-7-13)10-5-8-14-12-15-11(16-17(10)12)9-3-2-4-9/h9-10H,2-8H2,1H3,(H,14,15,16). The molecule has 1 aromatic rings. The SMILES string of the molecule is CC1(C2CCNc3nc(C4CCC4)nn32)CC1. The van der Waals surface area contributed by atoms with Crippen LogP contribution in [-0.2, 0) is 0 Å². The van der Waals surface area contributed by atoms with Gasteiger partial charge in [-0.1, -0.05) is 13.3 Å². The molecule has 1 N–H and O–H groups in total. The number of nitrogens with zero attached hydrogens (tertiary/aromatic N) is 3. The van der Waals surface area contributed by atoms with Gasteiger partial charge in [0.15, 0.2) is 5.82 Å². The minimum atomic E-state index is 0.501. The molecule has 4 heteroatoms. The second kappa shape index (κ2) is 3.24. The van der Waals surface area contributed by atoms with E-state index in [1.165, 1.54) is 38.5 Å². The molecule has 1 aromatic heterocycles. The Labute approximate surface area is 102 Å². The van der Waals surface area contributed by atoms with Crippen molar-refractivity contribution in [2.24, 2.45) is 5.41 Å². The van der Waals surface area contributed by atoms with E-state index >= 15 is 0 Å². The summed E-state index contributed by atoms with van der Waals surface area (Å²) in [6.07, 6.45) is 7.84. The molecule has 2 heterocycles. The highest BCUT2D eigenvalue weighted by Crippen LogP contribution is 2.56. The molecule has 1 aliphatic heterocycles. The van der Waals surface area contributed by atoms with Gasteiger partial charge in [-0.25, -0.2) is 4.68 Å². The number of aromatic nitrogens is 3. The van der Waals surface area contributed by atoms with Crippen molar-refractivity contribution in [3.63, 3.8) is 0 Å². The molecule has 1 unspecified atom stereocenters. The normalized spacial score (nSPS) is 30.3. The zero-order valence-corrected chi connectivity index (χ0v) is 10.4. The topological polar surface area (TPSA) is 42.7 Å². The quantitative estimate of drug-likeness (QED) is 0.852. The van der Waals surface area contributed by atoms with Crippen molar-refractivity contribution in [3.05, 3.63) is 5.82 Å². The third-order valence-electron chi connectivity index (χ3n) is 4.96. The maximum Gasteiger partial charge on any atom is 0.221 e. The van der Waals surface area contributed by atoms with Crippen molar-refractivity contribution in [1.29, 1.82) is 0 Å². The van der Waals surface area contributed by atoms with Gasteiger partial charge in [-0.15, -0.1) is 0 Å². The Bertz CT molecular complexity index is 442. The van der Waals surface area contributed by atoms with E-state index in [1.807, 2.05) is 0 Å². The van der Waals surface area contributed by atoms with Crippen LogP contribution < -0.4 is 5.32 Å². The maximum atomic E-state index is 4.80. The number of hydrogen-bond acceptors (Lipinski definition) is 3. The summed E-state index contributed by atoms with van der Waals surface area (Å²) >= 11 is 0. The Morgan fingerprint density at radius 1 is 1.29 bits per heavy atom. The van der Waals surface area contributed by atoms with Gasteiger partial charge in [-0.3, -0.25) is 0 Å². The molecule has 0 spiro atoms. The van der Waals surface area contributed by atoms with Crippen LogP contribution in [0.5, 0.6) is 0 Å². The molecule has 4 rings (SSSR count). The predicted octanol–water partition coefficient (Wildman–Crippen LogP) is 2.70. The van der Waals surface area contributed by atoms with Gasteiger partial charge in [-0.05, 0) is 37.5 Å². The minimum absolute atomic E-state index is 0.501. The van der Waals surface area contributed by atoms with Crippen LogP contribution in [0.15, 0.2) is 0 Å². The molecule has 0 bridgehead atoms. The summed E-state index contributed by atoms with van der Waals surface area (Å²) in [5, 5.41) is 8.21. The van der Waals surface area contributed by atoms with Gasteiger partial charge in [0.1, 0.15) is 0 Å². The lowest BCUT2D eigenvalue weighted by Crippen LogP contribution is -2.29. The van der Waals surface area contributed by atoms with Crippen LogP contribution in [0.1, 0.15) is 63.2 Å². The second-order valence-corrected chi connectivity index (χ2v) is 6.25. The summed E-state index contributed by atoms with van der Waals surface area (Å²) in [6, 6.07) is 0.583. The highest BCUT2D eigenvalue weighted by Gasteiger charge is 2.48. The number of fused-ring (bicyclic) bond motifs is 1. The highest BCUT2D eigenvalue weighted by molar-refractivity contribution is 5.30. The van der Waals surface area contributed by atoms with Crippen LogP contribution in [0, 0.1) is 5.41 Å². The zero-order chi connectivity index (χ0) is 11.5. The van der Waals surface area contributed by atoms with E-state index in [2.05, 4.69) is 16.9 Å². The fraction of sp³-hybridized carbons (Fsp3) is 0.846. The van der Waals surface area contributed by atoms with Crippen LogP contribution in [0.25, 0.3) is 0 Å². The molecule has 17 heavy (non-hydrogen) atoms. The van der Waals surface area contributed by atoms with E-state index in [4.69, 9.17) is 10.1 Å². The maximum absolute atomic E-state index is 4.80. The Morgan fingerprint density at radius 2 is 2.12 bits per heavy atom. The van der Waals surface area contributed by atoms with Gasteiger partial charge >= 0.3 is 0 Å². The summed E-state index contributed by atoms with van der Waals surface area (Å²) in [6.45, 7) is 3.46. The van der Waals surface area contributed by atoms with Gasteiger partial charge in [0.05, 0.1) is 6.04 Å². The van der Waals surface area contributed by atoms with Crippen LogP contribution in [-0.4, -0.2) is 21.3 Å². The summed E-state index contributed by atoms with van der Waals surface area (Å²) in [5.41, 5.74) is 0.501. The van der Waals surface area contributed by atoms with Crippen molar-refractivity contribution in [3.8, 4) is 0 Å². The lowest BCUT2D eigenvalue weighted by molar-refractivity contribution is 0.280. The van der Waals surface area contributed by atoms with Crippen molar-refractivity contribution in [2.75, 3.05) is 11.9 Å². The first-order valence-corrected chi connectivity index (χ1v) is 6.97. The average Bonchev–Trinajstić information content (AvgIpc) is 2.86. The van der Waals surface area contributed by atoms with E-state index < -0.39 is 0 Å². The monoisotopic (exact) mass is 232 g/mol. The van der Waals surface area contributed by atoms with Crippen molar-refractivity contribution < 1.29 is 0 Å². The highest BCUT2D eigenvalue weighted by atomic mass is 15.4. The Balaban J connectivity index is 1.69. The summed E-state index contributed by atoms with van der Waals surface area (Å²) in [4.78, 5) is 4.71. The molecule has 2 fully saturated rings. The van der Waals surface area contributed by atoms with E-state index in [1.54, 1.807) is 0 Å². The smallest absolute Gasteiger partial charge is 0.221 e. The van der Waals surface area contributed by atoms with Crippen molar-refractivity contribution >= 4 is 5.95 Å². The summed E-state index contributed by atoms with van der Waals surface area (Å²) in [5.74, 6) is 2.76. The molecule has 1 atom stereocenters. The first kappa shape index (κ1) is 9.92. The van der Waals surface area contributed by atoms with Crippen molar-refractivity contribution in [1.82, 2.24) is 14.8 Å². The lowest BCUT2D eigenvalue weighted by atomic mass is 9.85. The fourth-order valence-electron chi connectivity index (χ4n) is 3.13. The average molecular weight is 232 g/mol. The van der Waals surface area contributed by atoms with Gasteiger partial charge in [0.2, 0.25) is 5.95 Å². The molecule has 3 aliphatic rings. The number of nitrogens with one attached hydrogen (secondary N) is 1. The Morgan fingerprint density at radius 3 is 2.76 bits per heavy atom. The molecular formula is C13H20N4. The Kier molecular flexibility index (Phi) is 1.89. The van der Waals surface area contributed by atoms with Gasteiger partial charge in [0, 0.05) is 12.5 Å². The zero-order valence-electron chi connectivity index (χ0n) is 10.4. The Hall–Kier alpha value is -1.06. The van der Waals surface area contributed by atoms with Crippen LogP contribution >= 0.6 is 0 Å². The summed E-state index contributed by atoms with van der Waals surface area (Å²) in [7, 11) is 0. The molecule has 2 saturated carbocycles. The third-order valence-corrected chi connectivity index (χ3v) is 4.96. The van der Waals surface area contributed by atoms with Gasteiger partial charge in [0.25, 0.3) is 0 Å². The fourth-order valence-corrected chi connectivity index (χ4v) is 3.13. The molecule has 92 valence electrons. The first-order chi connectivity index (χ1) is 8.26. The minimum Gasteiger partial charge on any atom is -0.354 e. The summed E-state index contributed by atoms with van der Waals surface area (Å²) < 4.78 is 2.20. The molecule has 4 nitrogen and oxygen atoms in total. The molecule has 0 radical (unpaired) electrons. The molecule has 2 aliphatic carbocycles. The van der Waals surface area contributed by atoms with Crippen LogP contribution in [0.3, 0.4) is 0 Å². The van der Waals surface area contributed by atoms with E-state index in [9.17, 15) is 0 Å². The lowest BCUT2D eigenvalue weighted by Gasteiger charge is -2.29. The molecule has 0 aromatic carbocycles. The molecular weight excluding hydrogens is 212 g/mol.